The highest BCUT2D eigenvalue weighted by Crippen LogP contribution is 2.08. The summed E-state index contributed by atoms with van der Waals surface area (Å²) in [6.07, 6.45) is 0.368. The lowest BCUT2D eigenvalue weighted by molar-refractivity contribution is -0.860. The molecule has 15 heavy (non-hydrogen) atoms. The number of nitrogens with one attached hydrogen (secondary N) is 1. The molecular weight excluding hydrogens is 216 g/mol. The number of hydrogen-bond acceptors (Lipinski definition) is 3. The van der Waals surface area contributed by atoms with Gasteiger partial charge in [-0.25, -0.2) is 8.42 Å². The Hall–Kier alpha value is -0.170. The van der Waals surface area contributed by atoms with Crippen LogP contribution < -0.4 is 10.2 Å². The zero-order valence-corrected chi connectivity index (χ0v) is 10.3. The smallest absolute Gasteiger partial charge is 0.159 e. The third kappa shape index (κ3) is 4.46. The van der Waals surface area contributed by atoms with E-state index in [1.807, 2.05) is 5.32 Å². The van der Waals surface area contributed by atoms with Crippen LogP contribution in [0.15, 0.2) is 0 Å². The Balaban J connectivity index is 2.23. The molecule has 1 aliphatic rings. The average molecular weight is 238 g/mol. The molecule has 0 aromatic carbocycles. The summed E-state index contributed by atoms with van der Waals surface area (Å²) in [5.74, 6) is 0.0656. The van der Waals surface area contributed by atoms with Gasteiger partial charge in [0.2, 0.25) is 0 Å². The summed E-state index contributed by atoms with van der Waals surface area (Å²) in [5, 5.41) is 11.5. The van der Waals surface area contributed by atoms with Gasteiger partial charge < -0.3 is 15.3 Å². The van der Waals surface area contributed by atoms with Gasteiger partial charge in [-0.15, -0.1) is 0 Å². The fourth-order valence-corrected chi connectivity index (χ4v) is 3.72. The van der Waals surface area contributed by atoms with Gasteiger partial charge in [-0.05, 0) is 0 Å². The molecule has 1 heterocycles. The molecule has 0 spiro atoms. The molecule has 4 N–H and O–H groups in total. The molecule has 0 bridgehead atoms. The van der Waals surface area contributed by atoms with E-state index in [0.29, 0.717) is 0 Å². The van der Waals surface area contributed by atoms with Gasteiger partial charge in [0.15, 0.2) is 9.84 Å². The van der Waals surface area contributed by atoms with Crippen molar-refractivity contribution < 1.29 is 23.7 Å². The van der Waals surface area contributed by atoms with E-state index in [1.54, 1.807) is 0 Å². The second-order valence-electron chi connectivity index (χ2n) is 4.64. The van der Waals surface area contributed by atoms with Crippen LogP contribution in [0.4, 0.5) is 0 Å². The highest BCUT2D eigenvalue weighted by Gasteiger charge is 2.38. The first-order chi connectivity index (χ1) is 6.91. The SMILES string of the molecule is C[NH+](C)CCC[NH2+]C1CS(=O)(=O)CC1O. The molecule has 6 heteroatoms. The maximum absolute atomic E-state index is 11.2. The van der Waals surface area contributed by atoms with Crippen molar-refractivity contribution in [3.8, 4) is 0 Å². The van der Waals surface area contributed by atoms with E-state index in [2.05, 4.69) is 14.1 Å². The third-order valence-electron chi connectivity index (χ3n) is 2.72. The molecule has 0 aromatic rings. The van der Waals surface area contributed by atoms with Gasteiger partial charge in [-0.1, -0.05) is 0 Å². The van der Waals surface area contributed by atoms with Gasteiger partial charge in [0.05, 0.1) is 32.9 Å². The summed E-state index contributed by atoms with van der Waals surface area (Å²) in [6.45, 7) is 1.97. The summed E-state index contributed by atoms with van der Waals surface area (Å²) in [5.41, 5.74) is 0. The number of hydrogen-bond donors (Lipinski definition) is 3. The van der Waals surface area contributed by atoms with E-state index in [1.165, 1.54) is 4.90 Å². The molecule has 5 nitrogen and oxygen atoms in total. The molecule has 1 aliphatic heterocycles. The van der Waals surface area contributed by atoms with Gasteiger partial charge in [0.1, 0.15) is 17.9 Å². The minimum Gasteiger partial charge on any atom is -0.386 e. The quantitative estimate of drug-likeness (QED) is 0.431. The zero-order valence-electron chi connectivity index (χ0n) is 9.44. The van der Waals surface area contributed by atoms with Crippen LogP contribution in [0.3, 0.4) is 0 Å². The molecule has 0 saturated carbocycles. The van der Waals surface area contributed by atoms with Crippen molar-refractivity contribution in [1.82, 2.24) is 0 Å². The second-order valence-corrected chi connectivity index (χ2v) is 6.80. The van der Waals surface area contributed by atoms with Crippen LogP contribution in [0.1, 0.15) is 6.42 Å². The number of quaternary nitrogens is 2. The molecule has 0 amide bonds. The number of sulfone groups is 1. The van der Waals surface area contributed by atoms with Crippen molar-refractivity contribution in [1.29, 1.82) is 0 Å². The standard InChI is InChI=1S/C9H20N2O3S/c1-11(2)5-3-4-10-8-6-15(13,14)7-9(8)12/h8-10,12H,3-7H2,1-2H3/p+2. The summed E-state index contributed by atoms with van der Waals surface area (Å²) < 4.78 is 22.4. The summed E-state index contributed by atoms with van der Waals surface area (Å²) in [7, 11) is 1.20. The van der Waals surface area contributed by atoms with Crippen molar-refractivity contribution in [3.63, 3.8) is 0 Å². The van der Waals surface area contributed by atoms with Crippen LogP contribution in [0.5, 0.6) is 0 Å². The highest BCUT2D eigenvalue weighted by atomic mass is 32.2. The third-order valence-corrected chi connectivity index (χ3v) is 4.46. The number of nitrogens with two attached hydrogens (primary N) is 1. The van der Waals surface area contributed by atoms with E-state index in [-0.39, 0.29) is 17.5 Å². The number of rotatable bonds is 5. The number of aliphatic hydroxyl groups excluding tert-OH is 1. The Morgan fingerprint density at radius 2 is 2.07 bits per heavy atom. The molecule has 90 valence electrons. The Kier molecular flexibility index (Phi) is 4.51. The predicted octanol–water partition coefficient (Wildman–Crippen LogP) is -3.76. The van der Waals surface area contributed by atoms with Crippen LogP contribution in [-0.2, 0) is 9.84 Å². The van der Waals surface area contributed by atoms with Gasteiger partial charge in [-0.3, -0.25) is 0 Å². The lowest BCUT2D eigenvalue weighted by Crippen LogP contribution is -3.06. The van der Waals surface area contributed by atoms with Crippen LogP contribution >= 0.6 is 0 Å². The van der Waals surface area contributed by atoms with Crippen molar-refractivity contribution in [2.24, 2.45) is 0 Å². The Morgan fingerprint density at radius 1 is 1.40 bits per heavy atom. The first-order valence-electron chi connectivity index (χ1n) is 5.41. The summed E-state index contributed by atoms with van der Waals surface area (Å²) >= 11 is 0. The molecular formula is C9H22N2O3S+2. The molecule has 1 fully saturated rings. The zero-order chi connectivity index (χ0) is 11.5. The van der Waals surface area contributed by atoms with Crippen molar-refractivity contribution in [3.05, 3.63) is 0 Å². The molecule has 2 atom stereocenters. The molecule has 0 aliphatic carbocycles. The van der Waals surface area contributed by atoms with Gasteiger partial charge in [0.25, 0.3) is 0 Å². The highest BCUT2D eigenvalue weighted by molar-refractivity contribution is 7.91. The van der Waals surface area contributed by atoms with Gasteiger partial charge in [0, 0.05) is 6.42 Å². The van der Waals surface area contributed by atoms with Crippen LogP contribution in [-0.4, -0.2) is 64.4 Å². The minimum atomic E-state index is -2.98. The monoisotopic (exact) mass is 238 g/mol. The summed E-state index contributed by atoms with van der Waals surface area (Å²) in [4.78, 5) is 1.39. The van der Waals surface area contributed by atoms with E-state index in [9.17, 15) is 13.5 Å². The maximum atomic E-state index is 11.2. The van der Waals surface area contributed by atoms with E-state index in [0.717, 1.165) is 19.5 Å². The second kappa shape index (κ2) is 5.25. The van der Waals surface area contributed by atoms with Crippen molar-refractivity contribution in [2.75, 3.05) is 38.7 Å². The summed E-state index contributed by atoms with van der Waals surface area (Å²) in [6, 6.07) is -0.146. The van der Waals surface area contributed by atoms with E-state index >= 15 is 0 Å². The first-order valence-corrected chi connectivity index (χ1v) is 7.24. The lowest BCUT2D eigenvalue weighted by atomic mass is 10.2. The molecule has 0 radical (unpaired) electrons. The van der Waals surface area contributed by atoms with Crippen LogP contribution in [0.25, 0.3) is 0 Å². The van der Waals surface area contributed by atoms with E-state index < -0.39 is 15.9 Å². The average Bonchev–Trinajstić information content (AvgIpc) is 2.33. The molecule has 1 saturated heterocycles. The molecule has 0 aromatic heterocycles. The Morgan fingerprint density at radius 3 is 2.53 bits per heavy atom. The maximum Gasteiger partial charge on any atom is 0.159 e. The topological polar surface area (TPSA) is 75.4 Å². The lowest BCUT2D eigenvalue weighted by Gasteiger charge is -2.12. The van der Waals surface area contributed by atoms with Gasteiger partial charge in [-0.2, -0.15) is 0 Å². The van der Waals surface area contributed by atoms with Crippen molar-refractivity contribution in [2.45, 2.75) is 18.6 Å². The fraction of sp³-hybridized carbons (Fsp3) is 1.00. The molecule has 2 unspecified atom stereocenters. The Labute approximate surface area is 91.4 Å². The largest absolute Gasteiger partial charge is 0.386 e. The fourth-order valence-electron chi connectivity index (χ4n) is 1.87. The number of aliphatic hydroxyl groups is 1. The minimum absolute atomic E-state index is 0.0624. The molecule has 1 rings (SSSR count). The van der Waals surface area contributed by atoms with Crippen LogP contribution in [0, 0.1) is 0 Å². The predicted molar refractivity (Wildman–Crippen MR) is 57.5 cm³/mol. The Bertz CT molecular complexity index is 290. The van der Waals surface area contributed by atoms with Crippen LogP contribution in [0.2, 0.25) is 0 Å². The van der Waals surface area contributed by atoms with Gasteiger partial charge >= 0.3 is 0 Å². The van der Waals surface area contributed by atoms with E-state index in [4.69, 9.17) is 0 Å². The normalized spacial score (nSPS) is 29.9. The first kappa shape index (κ1) is 12.9. The van der Waals surface area contributed by atoms with Crippen molar-refractivity contribution >= 4 is 9.84 Å².